The lowest BCUT2D eigenvalue weighted by molar-refractivity contribution is -0.115. The molecule has 2 aromatic heterocycles. The molecule has 0 saturated carbocycles. The third kappa shape index (κ3) is 4.68. The SMILES string of the molecule is COc1n[nH]c(NC(=O)Cc2csc(NS(C)(=O)=O)n2)n1. The average molecular weight is 332 g/mol. The molecular formula is C9H12N6O4S2. The van der Waals surface area contributed by atoms with Crippen molar-refractivity contribution in [2.45, 2.75) is 6.42 Å². The van der Waals surface area contributed by atoms with Gasteiger partial charge in [0.05, 0.1) is 25.5 Å². The highest BCUT2D eigenvalue weighted by Crippen LogP contribution is 2.17. The predicted molar refractivity (Wildman–Crippen MR) is 75.8 cm³/mol. The van der Waals surface area contributed by atoms with Crippen molar-refractivity contribution >= 4 is 38.3 Å². The number of ether oxygens (including phenoxy) is 1. The lowest BCUT2D eigenvalue weighted by atomic mass is 10.3. The first-order valence-electron chi connectivity index (χ1n) is 5.54. The Kier molecular flexibility index (Phi) is 4.37. The number of nitrogens with one attached hydrogen (secondary N) is 3. The molecule has 0 radical (unpaired) electrons. The van der Waals surface area contributed by atoms with E-state index in [9.17, 15) is 13.2 Å². The molecule has 0 aromatic carbocycles. The van der Waals surface area contributed by atoms with Crippen LogP contribution < -0.4 is 14.8 Å². The molecule has 1 amide bonds. The number of aromatic nitrogens is 4. The number of H-pyrrole nitrogens is 1. The summed E-state index contributed by atoms with van der Waals surface area (Å²) >= 11 is 1.10. The van der Waals surface area contributed by atoms with Crippen LogP contribution >= 0.6 is 11.3 Å². The number of carbonyl (C=O) groups excluding carboxylic acids is 1. The number of sulfonamides is 1. The Hall–Kier alpha value is -2.21. The number of thiazole rings is 1. The van der Waals surface area contributed by atoms with E-state index in [-0.39, 0.29) is 29.4 Å². The van der Waals surface area contributed by atoms with Crippen molar-refractivity contribution in [3.63, 3.8) is 0 Å². The molecule has 114 valence electrons. The number of hydrogen-bond acceptors (Lipinski definition) is 8. The second-order valence-electron chi connectivity index (χ2n) is 3.91. The van der Waals surface area contributed by atoms with Gasteiger partial charge in [0.25, 0.3) is 0 Å². The van der Waals surface area contributed by atoms with Crippen LogP contribution in [0.15, 0.2) is 5.38 Å². The van der Waals surface area contributed by atoms with Crippen LogP contribution in [0.1, 0.15) is 5.69 Å². The molecule has 12 heteroatoms. The molecule has 0 bridgehead atoms. The van der Waals surface area contributed by atoms with Gasteiger partial charge in [-0.2, -0.15) is 4.98 Å². The lowest BCUT2D eigenvalue weighted by Crippen LogP contribution is -2.16. The van der Waals surface area contributed by atoms with E-state index in [1.807, 2.05) is 0 Å². The Morgan fingerprint density at radius 3 is 2.86 bits per heavy atom. The zero-order chi connectivity index (χ0) is 15.5. The molecule has 3 N–H and O–H groups in total. The third-order valence-electron chi connectivity index (χ3n) is 2.07. The van der Waals surface area contributed by atoms with Crippen molar-refractivity contribution in [2.75, 3.05) is 23.4 Å². The second-order valence-corrected chi connectivity index (χ2v) is 6.52. The molecule has 0 atom stereocenters. The van der Waals surface area contributed by atoms with Gasteiger partial charge in [-0.1, -0.05) is 0 Å². The Morgan fingerprint density at radius 2 is 2.24 bits per heavy atom. The van der Waals surface area contributed by atoms with E-state index in [1.54, 1.807) is 5.38 Å². The highest BCUT2D eigenvalue weighted by Gasteiger charge is 2.12. The summed E-state index contributed by atoms with van der Waals surface area (Å²) in [5.41, 5.74) is 0.440. The first-order valence-corrected chi connectivity index (χ1v) is 8.31. The van der Waals surface area contributed by atoms with Crippen molar-refractivity contribution in [3.05, 3.63) is 11.1 Å². The minimum absolute atomic E-state index is 0.0229. The maximum absolute atomic E-state index is 11.8. The summed E-state index contributed by atoms with van der Waals surface area (Å²) in [7, 11) is -1.98. The standard InChI is InChI=1S/C9H12N6O4S2/c1-19-8-12-7(13-14-8)11-6(16)3-5-4-20-9(10-5)15-21(2,17)18/h4H,3H2,1-2H3,(H,10,15)(H2,11,12,13,14,16). The van der Waals surface area contributed by atoms with E-state index in [4.69, 9.17) is 4.74 Å². The van der Waals surface area contributed by atoms with Crippen LogP contribution in [0, 0.1) is 0 Å². The summed E-state index contributed by atoms with van der Waals surface area (Å²) in [5.74, 6) is -0.216. The highest BCUT2D eigenvalue weighted by molar-refractivity contribution is 7.92. The zero-order valence-corrected chi connectivity index (χ0v) is 12.7. The Bertz CT molecular complexity index is 737. The minimum atomic E-state index is -3.38. The number of carbonyl (C=O) groups is 1. The van der Waals surface area contributed by atoms with Crippen LogP contribution in [0.3, 0.4) is 0 Å². The fourth-order valence-electron chi connectivity index (χ4n) is 1.33. The van der Waals surface area contributed by atoms with Crippen LogP contribution in [0.5, 0.6) is 6.01 Å². The van der Waals surface area contributed by atoms with Crippen LogP contribution in [0.25, 0.3) is 0 Å². The molecular weight excluding hydrogens is 320 g/mol. The minimum Gasteiger partial charge on any atom is -0.466 e. The summed E-state index contributed by atoms with van der Waals surface area (Å²) < 4.78 is 29.1. The average Bonchev–Trinajstić information content (AvgIpc) is 2.96. The summed E-state index contributed by atoms with van der Waals surface area (Å²) in [6, 6.07) is 0.110. The largest absolute Gasteiger partial charge is 0.466 e. The fraction of sp³-hybridized carbons (Fsp3) is 0.333. The lowest BCUT2D eigenvalue weighted by Gasteiger charge is -1.99. The van der Waals surface area contributed by atoms with Gasteiger partial charge in [0.1, 0.15) is 0 Å². The van der Waals surface area contributed by atoms with E-state index in [0.29, 0.717) is 5.69 Å². The first-order chi connectivity index (χ1) is 9.85. The van der Waals surface area contributed by atoms with Gasteiger partial charge in [0.2, 0.25) is 21.9 Å². The fourth-order valence-corrected chi connectivity index (χ4v) is 2.89. The monoisotopic (exact) mass is 332 g/mol. The molecule has 21 heavy (non-hydrogen) atoms. The van der Waals surface area contributed by atoms with Crippen LogP contribution in [0.4, 0.5) is 11.1 Å². The number of rotatable bonds is 6. The molecule has 0 fully saturated rings. The zero-order valence-electron chi connectivity index (χ0n) is 11.1. The molecule has 0 aliphatic rings. The quantitative estimate of drug-likeness (QED) is 0.667. The number of anilines is 2. The van der Waals surface area contributed by atoms with Crippen LogP contribution in [0.2, 0.25) is 0 Å². The number of methoxy groups -OCH3 is 1. The maximum Gasteiger partial charge on any atom is 0.336 e. The summed E-state index contributed by atoms with van der Waals surface area (Å²) in [5, 5.41) is 10.4. The van der Waals surface area contributed by atoms with Gasteiger partial charge in [0, 0.05) is 5.38 Å². The molecule has 2 aromatic rings. The molecule has 0 unspecified atom stereocenters. The van der Waals surface area contributed by atoms with Crippen LogP contribution in [-0.4, -0.2) is 47.9 Å². The number of nitrogens with zero attached hydrogens (tertiary/aromatic N) is 3. The van der Waals surface area contributed by atoms with Gasteiger partial charge in [-0.25, -0.2) is 18.5 Å². The van der Waals surface area contributed by atoms with Gasteiger partial charge in [-0.3, -0.25) is 14.8 Å². The van der Waals surface area contributed by atoms with Gasteiger partial charge in [-0.15, -0.1) is 16.4 Å². The Labute approximate surface area is 124 Å². The van der Waals surface area contributed by atoms with Gasteiger partial charge in [0.15, 0.2) is 5.13 Å². The molecule has 2 rings (SSSR count). The Balaban J connectivity index is 1.93. The normalized spacial score (nSPS) is 11.1. The molecule has 0 saturated heterocycles. The van der Waals surface area contributed by atoms with Gasteiger partial charge in [-0.05, 0) is 0 Å². The third-order valence-corrected chi connectivity index (χ3v) is 3.57. The second kappa shape index (κ2) is 6.05. The molecule has 0 aliphatic carbocycles. The van der Waals surface area contributed by atoms with E-state index in [1.165, 1.54) is 7.11 Å². The number of aromatic amines is 1. The maximum atomic E-state index is 11.8. The molecule has 0 spiro atoms. The topological polar surface area (TPSA) is 139 Å². The van der Waals surface area contributed by atoms with Crippen molar-refractivity contribution in [3.8, 4) is 6.01 Å². The smallest absolute Gasteiger partial charge is 0.336 e. The number of amides is 1. The van der Waals surface area contributed by atoms with Gasteiger partial charge < -0.3 is 4.74 Å². The first kappa shape index (κ1) is 15.2. The Morgan fingerprint density at radius 1 is 1.48 bits per heavy atom. The van der Waals surface area contributed by atoms with Crippen molar-refractivity contribution < 1.29 is 17.9 Å². The van der Waals surface area contributed by atoms with E-state index >= 15 is 0 Å². The summed E-state index contributed by atoms with van der Waals surface area (Å²) in [6.45, 7) is 0. The van der Waals surface area contributed by atoms with E-state index in [2.05, 4.69) is 30.2 Å². The van der Waals surface area contributed by atoms with E-state index < -0.39 is 10.0 Å². The summed E-state index contributed by atoms with van der Waals surface area (Å²) in [6.07, 6.45) is 1.00. The van der Waals surface area contributed by atoms with E-state index in [0.717, 1.165) is 17.6 Å². The molecule has 2 heterocycles. The molecule has 10 nitrogen and oxygen atoms in total. The summed E-state index contributed by atoms with van der Waals surface area (Å²) in [4.78, 5) is 19.6. The van der Waals surface area contributed by atoms with Gasteiger partial charge >= 0.3 is 6.01 Å². The van der Waals surface area contributed by atoms with Crippen LogP contribution in [-0.2, 0) is 21.2 Å². The molecule has 0 aliphatic heterocycles. The van der Waals surface area contributed by atoms with Crippen molar-refractivity contribution in [1.82, 2.24) is 20.2 Å². The number of hydrogen-bond donors (Lipinski definition) is 3. The van der Waals surface area contributed by atoms with Crippen molar-refractivity contribution in [2.24, 2.45) is 0 Å². The predicted octanol–water partition coefficient (Wildman–Crippen LogP) is -0.178. The van der Waals surface area contributed by atoms with Crippen molar-refractivity contribution in [1.29, 1.82) is 0 Å². The highest BCUT2D eigenvalue weighted by atomic mass is 32.2.